The fraction of sp³-hybridized carbons (Fsp3) is 0.571. The number of nitrogens with zero attached hydrogens (tertiary/aromatic N) is 1. The lowest BCUT2D eigenvalue weighted by Crippen LogP contribution is -2.62. The van der Waals surface area contributed by atoms with Crippen molar-refractivity contribution < 1.29 is 23.0 Å². The molecule has 1 aliphatic heterocycles. The zero-order valence-corrected chi connectivity index (χ0v) is 13.5. The van der Waals surface area contributed by atoms with Crippen molar-refractivity contribution in [3.63, 3.8) is 0 Å². The van der Waals surface area contributed by atoms with Gasteiger partial charge in [-0.25, -0.2) is 8.42 Å². The Kier molecular flexibility index (Phi) is 4.19. The van der Waals surface area contributed by atoms with Crippen molar-refractivity contribution in [2.24, 2.45) is 0 Å². The summed E-state index contributed by atoms with van der Waals surface area (Å²) >= 11 is 0. The van der Waals surface area contributed by atoms with Crippen LogP contribution in [0.4, 0.5) is 0 Å². The SMILES string of the molecule is CCC1(O)CN(S(=O)(=O)c2cc(OC)c(OC)cc2C)C1. The molecular weight excluding hydrogens is 294 g/mol. The molecule has 118 valence electrons. The van der Waals surface area contributed by atoms with Gasteiger partial charge in [-0.2, -0.15) is 4.31 Å². The third kappa shape index (κ3) is 2.73. The normalized spacial score (nSPS) is 18.1. The van der Waals surface area contributed by atoms with E-state index in [2.05, 4.69) is 0 Å². The molecule has 1 saturated heterocycles. The number of ether oxygens (including phenoxy) is 2. The summed E-state index contributed by atoms with van der Waals surface area (Å²) in [5, 5.41) is 10.0. The van der Waals surface area contributed by atoms with Crippen molar-refractivity contribution >= 4 is 10.0 Å². The van der Waals surface area contributed by atoms with Gasteiger partial charge in [0.1, 0.15) is 0 Å². The molecule has 1 aromatic carbocycles. The molecule has 1 aliphatic rings. The van der Waals surface area contributed by atoms with Crippen LogP contribution in [0.15, 0.2) is 17.0 Å². The van der Waals surface area contributed by atoms with E-state index in [1.165, 1.54) is 24.6 Å². The van der Waals surface area contributed by atoms with E-state index in [1.54, 1.807) is 13.0 Å². The van der Waals surface area contributed by atoms with Gasteiger partial charge < -0.3 is 14.6 Å². The number of methoxy groups -OCH3 is 2. The standard InChI is InChI=1S/C14H21NO5S/c1-5-14(16)8-15(9-14)21(17,18)13-7-12(20-4)11(19-3)6-10(13)2/h6-7,16H,5,8-9H2,1-4H3. The van der Waals surface area contributed by atoms with Gasteiger partial charge in [-0.1, -0.05) is 6.92 Å². The van der Waals surface area contributed by atoms with Gasteiger partial charge in [0.15, 0.2) is 11.5 Å². The van der Waals surface area contributed by atoms with Crippen LogP contribution in [0.5, 0.6) is 11.5 Å². The summed E-state index contributed by atoms with van der Waals surface area (Å²) in [5.74, 6) is 0.857. The summed E-state index contributed by atoms with van der Waals surface area (Å²) in [7, 11) is -0.670. The van der Waals surface area contributed by atoms with Crippen molar-refractivity contribution in [2.75, 3.05) is 27.3 Å². The number of aliphatic hydroxyl groups is 1. The Morgan fingerprint density at radius 1 is 1.24 bits per heavy atom. The van der Waals surface area contributed by atoms with Crippen molar-refractivity contribution in [3.8, 4) is 11.5 Å². The third-order valence-corrected chi connectivity index (χ3v) is 5.83. The lowest BCUT2D eigenvalue weighted by molar-refractivity contribution is -0.0613. The second-order valence-electron chi connectivity index (χ2n) is 5.32. The highest BCUT2D eigenvalue weighted by molar-refractivity contribution is 7.89. The van der Waals surface area contributed by atoms with Crippen LogP contribution in [0.3, 0.4) is 0 Å². The van der Waals surface area contributed by atoms with Crippen LogP contribution in [-0.4, -0.2) is 50.7 Å². The second-order valence-corrected chi connectivity index (χ2v) is 7.23. The highest BCUT2D eigenvalue weighted by atomic mass is 32.2. The first-order chi connectivity index (χ1) is 9.77. The predicted octanol–water partition coefficient (Wildman–Crippen LogP) is 1.16. The number of sulfonamides is 1. The summed E-state index contributed by atoms with van der Waals surface area (Å²) in [6.07, 6.45) is 0.532. The van der Waals surface area contributed by atoms with E-state index in [-0.39, 0.29) is 18.0 Å². The van der Waals surface area contributed by atoms with Crippen LogP contribution in [0, 0.1) is 6.92 Å². The van der Waals surface area contributed by atoms with Crippen LogP contribution >= 0.6 is 0 Å². The Morgan fingerprint density at radius 2 is 1.76 bits per heavy atom. The average Bonchev–Trinajstić information content (AvgIpc) is 2.43. The third-order valence-electron chi connectivity index (χ3n) is 3.90. The van der Waals surface area contributed by atoms with Gasteiger partial charge >= 0.3 is 0 Å². The molecule has 0 radical (unpaired) electrons. The lowest BCUT2D eigenvalue weighted by Gasteiger charge is -2.45. The van der Waals surface area contributed by atoms with Crippen LogP contribution in [0.1, 0.15) is 18.9 Å². The number of hydrogen-bond acceptors (Lipinski definition) is 5. The Hall–Kier alpha value is -1.31. The van der Waals surface area contributed by atoms with Gasteiger partial charge in [0.05, 0.1) is 24.7 Å². The van der Waals surface area contributed by atoms with E-state index >= 15 is 0 Å². The summed E-state index contributed by atoms with van der Waals surface area (Å²) < 4.78 is 36.9. The number of β-amino-alcohol motifs (C(OH)–C–C–N with tert-alkyl or cyclic N) is 1. The van der Waals surface area contributed by atoms with Gasteiger partial charge in [0.2, 0.25) is 10.0 Å². The molecule has 0 aromatic heterocycles. The summed E-state index contributed by atoms with van der Waals surface area (Å²) in [6.45, 7) is 3.80. The molecule has 1 N–H and O–H groups in total. The molecule has 0 amide bonds. The monoisotopic (exact) mass is 315 g/mol. The molecule has 0 aliphatic carbocycles. The molecule has 21 heavy (non-hydrogen) atoms. The zero-order chi connectivity index (χ0) is 15.8. The van der Waals surface area contributed by atoms with E-state index in [0.717, 1.165) is 0 Å². The topological polar surface area (TPSA) is 76.1 Å². The quantitative estimate of drug-likeness (QED) is 0.882. The zero-order valence-electron chi connectivity index (χ0n) is 12.7. The van der Waals surface area contributed by atoms with Gasteiger partial charge in [0, 0.05) is 19.2 Å². The van der Waals surface area contributed by atoms with Crippen molar-refractivity contribution in [3.05, 3.63) is 17.7 Å². The molecule has 0 unspecified atom stereocenters. The first-order valence-electron chi connectivity index (χ1n) is 6.72. The molecule has 1 fully saturated rings. The van der Waals surface area contributed by atoms with Crippen LogP contribution in [0.2, 0.25) is 0 Å². The highest BCUT2D eigenvalue weighted by Crippen LogP contribution is 2.36. The van der Waals surface area contributed by atoms with Crippen LogP contribution in [-0.2, 0) is 10.0 Å². The lowest BCUT2D eigenvalue weighted by atomic mass is 9.94. The maximum absolute atomic E-state index is 12.6. The largest absolute Gasteiger partial charge is 0.493 e. The first-order valence-corrected chi connectivity index (χ1v) is 8.16. The highest BCUT2D eigenvalue weighted by Gasteiger charge is 2.46. The predicted molar refractivity (Wildman–Crippen MR) is 78.3 cm³/mol. The summed E-state index contributed by atoms with van der Waals surface area (Å²) in [5.41, 5.74) is -0.322. The molecule has 0 atom stereocenters. The molecule has 1 heterocycles. The van der Waals surface area contributed by atoms with Gasteiger partial charge in [-0.05, 0) is 25.0 Å². The Labute approximate surface area is 125 Å². The van der Waals surface area contributed by atoms with Crippen molar-refractivity contribution in [1.82, 2.24) is 4.31 Å². The van der Waals surface area contributed by atoms with Crippen LogP contribution < -0.4 is 9.47 Å². The van der Waals surface area contributed by atoms with Crippen LogP contribution in [0.25, 0.3) is 0 Å². The molecule has 7 heteroatoms. The minimum absolute atomic E-state index is 0.125. The molecular formula is C14H21NO5S. The molecule has 0 saturated carbocycles. The molecule has 2 rings (SSSR count). The molecule has 1 aromatic rings. The smallest absolute Gasteiger partial charge is 0.243 e. The summed E-state index contributed by atoms with van der Waals surface area (Å²) in [4.78, 5) is 0.179. The van der Waals surface area contributed by atoms with Crippen molar-refractivity contribution in [1.29, 1.82) is 0 Å². The van der Waals surface area contributed by atoms with E-state index < -0.39 is 15.6 Å². The number of rotatable bonds is 5. The van der Waals surface area contributed by atoms with Gasteiger partial charge in [-0.15, -0.1) is 0 Å². The maximum Gasteiger partial charge on any atom is 0.243 e. The maximum atomic E-state index is 12.6. The Balaban J connectivity index is 2.38. The fourth-order valence-electron chi connectivity index (χ4n) is 2.38. The number of aryl methyl sites for hydroxylation is 1. The fourth-order valence-corrected chi connectivity index (χ4v) is 4.20. The Bertz CT molecular complexity index is 635. The van der Waals surface area contributed by atoms with Gasteiger partial charge in [-0.3, -0.25) is 0 Å². The Morgan fingerprint density at radius 3 is 2.24 bits per heavy atom. The minimum Gasteiger partial charge on any atom is -0.493 e. The van der Waals surface area contributed by atoms with E-state index in [0.29, 0.717) is 23.5 Å². The van der Waals surface area contributed by atoms with E-state index in [1.807, 2.05) is 6.92 Å². The summed E-state index contributed by atoms with van der Waals surface area (Å²) in [6, 6.07) is 3.10. The molecule has 0 spiro atoms. The average molecular weight is 315 g/mol. The molecule has 6 nitrogen and oxygen atoms in total. The number of benzene rings is 1. The van der Waals surface area contributed by atoms with Crippen molar-refractivity contribution in [2.45, 2.75) is 30.8 Å². The second kappa shape index (κ2) is 5.47. The van der Waals surface area contributed by atoms with E-state index in [4.69, 9.17) is 9.47 Å². The number of hydrogen-bond donors (Lipinski definition) is 1. The van der Waals surface area contributed by atoms with E-state index in [9.17, 15) is 13.5 Å². The minimum atomic E-state index is -3.63. The van der Waals surface area contributed by atoms with Gasteiger partial charge in [0.25, 0.3) is 0 Å². The first kappa shape index (κ1) is 16.1. The molecule has 0 bridgehead atoms.